The maximum atomic E-state index is 16.5. The number of aromatic hydroxyl groups is 1. The summed E-state index contributed by atoms with van der Waals surface area (Å²) in [5.74, 6) is 1.70. The summed E-state index contributed by atoms with van der Waals surface area (Å²) in [6.07, 6.45) is 2.33. The third-order valence-corrected chi connectivity index (χ3v) is 8.16. The Bertz CT molecular complexity index is 1490. The van der Waals surface area contributed by atoms with E-state index >= 15 is 4.39 Å². The summed E-state index contributed by atoms with van der Waals surface area (Å²) in [5, 5.41) is 19.8. The van der Waals surface area contributed by atoms with Gasteiger partial charge in [-0.1, -0.05) is 30.3 Å². The summed E-state index contributed by atoms with van der Waals surface area (Å²) >= 11 is 0. The van der Waals surface area contributed by atoms with Gasteiger partial charge in [0, 0.05) is 61.7 Å². The van der Waals surface area contributed by atoms with Gasteiger partial charge in [-0.2, -0.15) is 4.98 Å². The Morgan fingerprint density at radius 1 is 0.946 bits per heavy atom. The van der Waals surface area contributed by atoms with Crippen LogP contribution in [-0.2, 0) is 0 Å². The van der Waals surface area contributed by atoms with Crippen molar-refractivity contribution in [2.24, 2.45) is 5.92 Å². The van der Waals surface area contributed by atoms with Crippen molar-refractivity contribution >= 4 is 33.4 Å². The fourth-order valence-electron chi connectivity index (χ4n) is 6.36. The molecular weight excluding hydrogens is 467 g/mol. The quantitative estimate of drug-likeness (QED) is 0.385. The number of aromatic nitrogens is 2. The maximum absolute atomic E-state index is 16.5. The van der Waals surface area contributed by atoms with Crippen molar-refractivity contribution in [2.45, 2.75) is 24.9 Å². The highest BCUT2D eigenvalue weighted by Gasteiger charge is 2.35. The van der Waals surface area contributed by atoms with Gasteiger partial charge in [0.05, 0.1) is 0 Å². The van der Waals surface area contributed by atoms with Crippen LogP contribution >= 0.6 is 0 Å². The Balaban J connectivity index is 1.38. The van der Waals surface area contributed by atoms with E-state index in [0.717, 1.165) is 67.5 Å². The fraction of sp³-hybridized carbons (Fsp3) is 0.379. The minimum atomic E-state index is -0.372. The van der Waals surface area contributed by atoms with E-state index in [1.54, 1.807) is 12.1 Å². The molecule has 0 radical (unpaired) electrons. The summed E-state index contributed by atoms with van der Waals surface area (Å²) in [4.78, 5) is 14.3. The number of rotatable bonds is 5. The van der Waals surface area contributed by atoms with Gasteiger partial charge in [0.1, 0.15) is 17.1 Å². The highest BCUT2D eigenvalue weighted by molar-refractivity contribution is 6.01. The fourth-order valence-corrected chi connectivity index (χ4v) is 6.36. The van der Waals surface area contributed by atoms with Crippen molar-refractivity contribution in [2.75, 3.05) is 49.6 Å². The SMILES string of the molecule is CNCC1CN(c2nc(N3CC4CCC(C3)N4)c3ccc(-c4cc(O)cc5ccccc45)c(F)c3n2)C1. The van der Waals surface area contributed by atoms with Crippen LogP contribution in [0.3, 0.4) is 0 Å². The zero-order valence-corrected chi connectivity index (χ0v) is 20.9. The lowest BCUT2D eigenvalue weighted by atomic mass is 9.96. The van der Waals surface area contributed by atoms with Gasteiger partial charge in [-0.05, 0) is 54.4 Å². The molecule has 7 nitrogen and oxygen atoms in total. The Labute approximate surface area is 215 Å². The van der Waals surface area contributed by atoms with Gasteiger partial charge in [-0.15, -0.1) is 0 Å². The van der Waals surface area contributed by atoms with Crippen LogP contribution in [0, 0.1) is 11.7 Å². The van der Waals surface area contributed by atoms with Gasteiger partial charge in [-0.3, -0.25) is 0 Å². The van der Waals surface area contributed by atoms with Gasteiger partial charge >= 0.3 is 0 Å². The van der Waals surface area contributed by atoms with E-state index < -0.39 is 0 Å². The molecule has 2 atom stereocenters. The number of phenols is 1. The van der Waals surface area contributed by atoms with Crippen molar-refractivity contribution in [1.82, 2.24) is 20.6 Å². The van der Waals surface area contributed by atoms with E-state index in [1.165, 1.54) is 0 Å². The Morgan fingerprint density at radius 3 is 2.51 bits per heavy atom. The number of hydrogen-bond donors (Lipinski definition) is 3. The van der Waals surface area contributed by atoms with Gasteiger partial charge in [0.15, 0.2) is 5.82 Å². The monoisotopic (exact) mass is 498 g/mol. The van der Waals surface area contributed by atoms with Crippen LogP contribution in [-0.4, -0.2) is 66.9 Å². The molecular formula is C29H31FN6O. The van der Waals surface area contributed by atoms with Crippen molar-refractivity contribution in [3.05, 3.63) is 54.3 Å². The minimum Gasteiger partial charge on any atom is -0.508 e. The first-order chi connectivity index (χ1) is 18.1. The van der Waals surface area contributed by atoms with Crippen LogP contribution < -0.4 is 20.4 Å². The van der Waals surface area contributed by atoms with Crippen LogP contribution in [0.25, 0.3) is 32.8 Å². The molecule has 3 fully saturated rings. The normalized spacial score (nSPS) is 21.7. The van der Waals surface area contributed by atoms with Crippen molar-refractivity contribution in [3.8, 4) is 16.9 Å². The van der Waals surface area contributed by atoms with Crippen molar-refractivity contribution in [1.29, 1.82) is 0 Å². The molecule has 3 N–H and O–H groups in total. The second kappa shape index (κ2) is 8.82. The molecule has 37 heavy (non-hydrogen) atoms. The topological polar surface area (TPSA) is 76.5 Å². The van der Waals surface area contributed by atoms with Gasteiger partial charge in [0.25, 0.3) is 0 Å². The number of benzene rings is 3. The summed E-state index contributed by atoms with van der Waals surface area (Å²) < 4.78 is 16.5. The van der Waals surface area contributed by atoms with Crippen LogP contribution in [0.2, 0.25) is 0 Å². The lowest BCUT2D eigenvalue weighted by molar-refractivity contribution is 0.391. The third kappa shape index (κ3) is 3.86. The smallest absolute Gasteiger partial charge is 0.228 e. The van der Waals surface area contributed by atoms with Crippen LogP contribution in [0.5, 0.6) is 5.75 Å². The first-order valence-corrected chi connectivity index (χ1v) is 13.2. The molecule has 3 saturated heterocycles. The first kappa shape index (κ1) is 22.7. The number of phenolic OH excluding ortho intramolecular Hbond substituents is 1. The van der Waals surface area contributed by atoms with Crippen LogP contribution in [0.4, 0.5) is 16.2 Å². The molecule has 0 aliphatic carbocycles. The molecule has 2 unspecified atom stereocenters. The van der Waals surface area contributed by atoms with Gasteiger partial charge in [0.2, 0.25) is 5.95 Å². The summed E-state index contributed by atoms with van der Waals surface area (Å²) in [5.41, 5.74) is 1.44. The van der Waals surface area contributed by atoms with E-state index in [1.807, 2.05) is 43.4 Å². The van der Waals surface area contributed by atoms with E-state index in [-0.39, 0.29) is 11.6 Å². The predicted molar refractivity (Wildman–Crippen MR) is 146 cm³/mol. The molecule has 3 aliphatic rings. The molecule has 2 bridgehead atoms. The Kier molecular flexibility index (Phi) is 5.41. The third-order valence-electron chi connectivity index (χ3n) is 8.16. The van der Waals surface area contributed by atoms with Crippen LogP contribution in [0.1, 0.15) is 12.8 Å². The minimum absolute atomic E-state index is 0.115. The zero-order valence-electron chi connectivity index (χ0n) is 20.9. The Morgan fingerprint density at radius 2 is 1.73 bits per heavy atom. The number of fused-ring (bicyclic) bond motifs is 4. The Hall–Kier alpha value is -3.49. The highest BCUT2D eigenvalue weighted by atomic mass is 19.1. The van der Waals surface area contributed by atoms with E-state index in [9.17, 15) is 5.11 Å². The van der Waals surface area contributed by atoms with E-state index in [0.29, 0.717) is 40.6 Å². The predicted octanol–water partition coefficient (Wildman–Crippen LogP) is 3.89. The first-order valence-electron chi connectivity index (χ1n) is 13.2. The summed E-state index contributed by atoms with van der Waals surface area (Å²) in [7, 11) is 1.97. The summed E-state index contributed by atoms with van der Waals surface area (Å²) in [6, 6.07) is 15.8. The maximum Gasteiger partial charge on any atom is 0.228 e. The molecule has 3 aromatic carbocycles. The molecule has 190 valence electrons. The average Bonchev–Trinajstić information content (AvgIpc) is 3.22. The van der Waals surface area contributed by atoms with Gasteiger partial charge in [-0.25, -0.2) is 9.37 Å². The number of nitrogens with one attached hydrogen (secondary N) is 2. The molecule has 3 aliphatic heterocycles. The number of anilines is 2. The van der Waals surface area contributed by atoms with Gasteiger partial charge < -0.3 is 25.5 Å². The van der Waals surface area contributed by atoms with Crippen LogP contribution in [0.15, 0.2) is 48.5 Å². The van der Waals surface area contributed by atoms with E-state index in [2.05, 4.69) is 20.4 Å². The lowest BCUT2D eigenvalue weighted by Crippen LogP contribution is -2.52. The molecule has 0 spiro atoms. The number of halogens is 1. The number of nitrogens with zero attached hydrogens (tertiary/aromatic N) is 4. The number of hydrogen-bond acceptors (Lipinski definition) is 7. The molecule has 0 saturated carbocycles. The lowest BCUT2D eigenvalue weighted by Gasteiger charge is -2.40. The van der Waals surface area contributed by atoms with E-state index in [4.69, 9.17) is 9.97 Å². The molecule has 7 rings (SSSR count). The largest absolute Gasteiger partial charge is 0.508 e. The second-order valence-electron chi connectivity index (χ2n) is 10.8. The molecule has 0 amide bonds. The van der Waals surface area contributed by atoms with Crippen molar-refractivity contribution in [3.63, 3.8) is 0 Å². The standard InChI is InChI=1S/C29H31FN6O/c1-31-12-17-13-36(14-17)29-33-27-24(28(34-29)35-15-19-6-7-20(16-35)32-19)9-8-23(26(27)30)25-11-21(37)10-18-4-2-3-5-22(18)25/h2-5,8-11,17,19-20,31-32,37H,6-7,12-16H2,1H3. The average molecular weight is 499 g/mol. The molecule has 4 heterocycles. The molecule has 4 aromatic rings. The number of piperazine rings is 1. The summed E-state index contributed by atoms with van der Waals surface area (Å²) in [6.45, 7) is 4.39. The second-order valence-corrected chi connectivity index (χ2v) is 10.8. The molecule has 1 aromatic heterocycles. The highest BCUT2D eigenvalue weighted by Crippen LogP contribution is 2.39. The zero-order chi connectivity index (χ0) is 25.1. The van der Waals surface area contributed by atoms with Crippen molar-refractivity contribution < 1.29 is 9.50 Å². The molecule has 8 heteroatoms.